The Morgan fingerprint density at radius 1 is 1.17 bits per heavy atom. The molecular formula is C16H25BrN2O4S. The van der Waals surface area contributed by atoms with Gasteiger partial charge in [0, 0.05) is 30.7 Å². The van der Waals surface area contributed by atoms with E-state index in [2.05, 4.69) is 20.8 Å². The second-order valence-corrected chi connectivity index (χ2v) is 9.53. The minimum atomic E-state index is -3.58. The fourth-order valence-electron chi connectivity index (χ4n) is 2.38. The number of piperazine rings is 1. The molecule has 1 aromatic carbocycles. The van der Waals surface area contributed by atoms with Gasteiger partial charge in [-0.2, -0.15) is 4.31 Å². The van der Waals surface area contributed by atoms with Gasteiger partial charge in [-0.25, -0.2) is 8.42 Å². The third-order valence-corrected chi connectivity index (χ3v) is 6.17. The zero-order valence-electron chi connectivity index (χ0n) is 14.6. The van der Waals surface area contributed by atoms with E-state index >= 15 is 0 Å². The molecule has 0 spiro atoms. The molecule has 0 bridgehead atoms. The van der Waals surface area contributed by atoms with Crippen molar-refractivity contribution in [3.8, 4) is 5.75 Å². The standard InChI is InChI=1S/C16H25BrN2O4S/c1-16(2,3)23-12-18-7-9-19(10-8-18)24(20,21)15-11-13(17)5-6-14(15)22-4/h5-6,11H,7-10,12H2,1-4H3. The van der Waals surface area contributed by atoms with Gasteiger partial charge in [0.2, 0.25) is 10.0 Å². The van der Waals surface area contributed by atoms with Crippen molar-refractivity contribution in [1.29, 1.82) is 0 Å². The van der Waals surface area contributed by atoms with Gasteiger partial charge in [0.15, 0.2) is 0 Å². The maximum absolute atomic E-state index is 12.9. The molecule has 1 aliphatic rings. The van der Waals surface area contributed by atoms with Crippen LogP contribution in [0.3, 0.4) is 0 Å². The number of sulfonamides is 1. The van der Waals surface area contributed by atoms with Gasteiger partial charge in [-0.05, 0) is 39.0 Å². The topological polar surface area (TPSA) is 59.1 Å². The zero-order chi connectivity index (χ0) is 18.0. The molecule has 0 amide bonds. The summed E-state index contributed by atoms with van der Waals surface area (Å²) in [7, 11) is -2.11. The van der Waals surface area contributed by atoms with Gasteiger partial charge in [0.1, 0.15) is 10.6 Å². The number of ether oxygens (including phenoxy) is 2. The van der Waals surface area contributed by atoms with E-state index in [1.807, 2.05) is 20.8 Å². The van der Waals surface area contributed by atoms with Gasteiger partial charge in [0.25, 0.3) is 0 Å². The van der Waals surface area contributed by atoms with Crippen LogP contribution in [-0.4, -0.2) is 63.2 Å². The molecule has 0 unspecified atom stereocenters. The summed E-state index contributed by atoms with van der Waals surface area (Å²) in [6, 6.07) is 5.01. The lowest BCUT2D eigenvalue weighted by Crippen LogP contribution is -2.49. The van der Waals surface area contributed by atoms with Crippen molar-refractivity contribution in [2.75, 3.05) is 40.0 Å². The first-order chi connectivity index (χ1) is 11.1. The van der Waals surface area contributed by atoms with E-state index in [0.29, 0.717) is 43.1 Å². The predicted molar refractivity (Wildman–Crippen MR) is 96.7 cm³/mol. The number of nitrogens with zero attached hydrogens (tertiary/aromatic N) is 2. The monoisotopic (exact) mass is 420 g/mol. The summed E-state index contributed by atoms with van der Waals surface area (Å²) in [6.07, 6.45) is 0. The highest BCUT2D eigenvalue weighted by Crippen LogP contribution is 2.30. The van der Waals surface area contributed by atoms with E-state index < -0.39 is 10.0 Å². The van der Waals surface area contributed by atoms with Gasteiger partial charge in [-0.1, -0.05) is 15.9 Å². The first-order valence-electron chi connectivity index (χ1n) is 7.83. The number of hydrogen-bond donors (Lipinski definition) is 0. The van der Waals surface area contributed by atoms with Crippen LogP contribution < -0.4 is 4.74 Å². The maximum Gasteiger partial charge on any atom is 0.246 e. The fraction of sp³-hybridized carbons (Fsp3) is 0.625. The first kappa shape index (κ1) is 19.7. The molecule has 2 rings (SSSR count). The highest BCUT2D eigenvalue weighted by Gasteiger charge is 2.31. The molecule has 8 heteroatoms. The second kappa shape index (κ2) is 7.70. The van der Waals surface area contributed by atoms with E-state index in [-0.39, 0.29) is 10.5 Å². The Hall–Kier alpha value is -0.670. The Labute approximate surface area is 152 Å². The Morgan fingerprint density at radius 2 is 1.79 bits per heavy atom. The van der Waals surface area contributed by atoms with Crippen molar-refractivity contribution in [2.45, 2.75) is 31.3 Å². The smallest absolute Gasteiger partial charge is 0.246 e. The van der Waals surface area contributed by atoms with Crippen LogP contribution in [-0.2, 0) is 14.8 Å². The van der Waals surface area contributed by atoms with Crippen LogP contribution in [0.4, 0.5) is 0 Å². The Balaban J connectivity index is 2.07. The lowest BCUT2D eigenvalue weighted by Gasteiger charge is -2.35. The largest absolute Gasteiger partial charge is 0.495 e. The molecule has 0 radical (unpaired) electrons. The molecule has 1 fully saturated rings. The highest BCUT2D eigenvalue weighted by atomic mass is 79.9. The van der Waals surface area contributed by atoms with Gasteiger partial charge in [0.05, 0.1) is 19.4 Å². The molecule has 6 nitrogen and oxygen atoms in total. The summed E-state index contributed by atoms with van der Waals surface area (Å²) in [5, 5.41) is 0. The van der Waals surface area contributed by atoms with Crippen LogP contribution in [0.2, 0.25) is 0 Å². The van der Waals surface area contributed by atoms with Crippen LogP contribution in [0.5, 0.6) is 5.75 Å². The lowest BCUT2D eigenvalue weighted by atomic mass is 10.2. The van der Waals surface area contributed by atoms with Crippen molar-refractivity contribution in [3.63, 3.8) is 0 Å². The number of hydrogen-bond acceptors (Lipinski definition) is 5. The molecule has 0 aliphatic carbocycles. The van der Waals surface area contributed by atoms with Crippen molar-refractivity contribution in [1.82, 2.24) is 9.21 Å². The summed E-state index contributed by atoms with van der Waals surface area (Å²) in [5.41, 5.74) is -0.201. The van der Waals surface area contributed by atoms with Crippen molar-refractivity contribution < 1.29 is 17.9 Å². The molecule has 24 heavy (non-hydrogen) atoms. The van der Waals surface area contributed by atoms with Gasteiger partial charge in [-0.3, -0.25) is 4.90 Å². The molecule has 0 N–H and O–H groups in total. The normalized spacial score (nSPS) is 17.9. The maximum atomic E-state index is 12.9. The van der Waals surface area contributed by atoms with Crippen LogP contribution >= 0.6 is 15.9 Å². The summed E-state index contributed by atoms with van der Waals surface area (Å²) in [4.78, 5) is 2.31. The van der Waals surface area contributed by atoms with Gasteiger partial charge in [-0.15, -0.1) is 0 Å². The number of rotatable bonds is 5. The zero-order valence-corrected chi connectivity index (χ0v) is 17.0. The Bertz CT molecular complexity index is 665. The molecule has 1 aromatic rings. The Kier molecular flexibility index (Phi) is 6.30. The summed E-state index contributed by atoms with van der Waals surface area (Å²) in [6.45, 7) is 8.69. The van der Waals surface area contributed by atoms with E-state index in [1.165, 1.54) is 11.4 Å². The number of benzene rings is 1. The molecule has 136 valence electrons. The second-order valence-electron chi connectivity index (χ2n) is 6.70. The summed E-state index contributed by atoms with van der Waals surface area (Å²) < 4.78 is 39.0. The quantitative estimate of drug-likeness (QED) is 0.732. The average Bonchev–Trinajstić information content (AvgIpc) is 2.52. The van der Waals surface area contributed by atoms with Crippen molar-refractivity contribution >= 4 is 26.0 Å². The highest BCUT2D eigenvalue weighted by molar-refractivity contribution is 9.10. The van der Waals surface area contributed by atoms with E-state index in [4.69, 9.17) is 9.47 Å². The molecule has 1 heterocycles. The first-order valence-corrected chi connectivity index (χ1v) is 10.1. The SMILES string of the molecule is COc1ccc(Br)cc1S(=O)(=O)N1CCN(COC(C)(C)C)CC1. The van der Waals surface area contributed by atoms with Crippen LogP contribution in [0.25, 0.3) is 0 Å². The van der Waals surface area contributed by atoms with Crippen molar-refractivity contribution in [3.05, 3.63) is 22.7 Å². The molecule has 0 atom stereocenters. The summed E-state index contributed by atoms with van der Waals surface area (Å²) >= 11 is 3.33. The number of methoxy groups -OCH3 is 1. The van der Waals surface area contributed by atoms with E-state index in [0.717, 1.165) is 0 Å². The molecule has 1 saturated heterocycles. The summed E-state index contributed by atoms with van der Waals surface area (Å²) in [5.74, 6) is 0.358. The lowest BCUT2D eigenvalue weighted by molar-refractivity contribution is -0.0698. The predicted octanol–water partition coefficient (Wildman–Crippen LogP) is 2.54. The fourth-order valence-corrected chi connectivity index (χ4v) is 4.49. The number of halogens is 1. The van der Waals surface area contributed by atoms with Crippen LogP contribution in [0, 0.1) is 0 Å². The van der Waals surface area contributed by atoms with E-state index in [9.17, 15) is 8.42 Å². The molecule has 0 saturated carbocycles. The van der Waals surface area contributed by atoms with Crippen molar-refractivity contribution in [2.24, 2.45) is 0 Å². The molecule has 0 aromatic heterocycles. The third-order valence-electron chi connectivity index (χ3n) is 3.75. The van der Waals surface area contributed by atoms with Gasteiger partial charge < -0.3 is 9.47 Å². The average molecular weight is 421 g/mol. The van der Waals surface area contributed by atoms with Gasteiger partial charge >= 0.3 is 0 Å². The van der Waals surface area contributed by atoms with E-state index in [1.54, 1.807) is 18.2 Å². The Morgan fingerprint density at radius 3 is 2.33 bits per heavy atom. The third kappa shape index (κ3) is 4.92. The molecular weight excluding hydrogens is 396 g/mol. The van der Waals surface area contributed by atoms with Crippen LogP contribution in [0.15, 0.2) is 27.6 Å². The molecule has 1 aliphatic heterocycles. The minimum absolute atomic E-state index is 0.193. The van der Waals surface area contributed by atoms with Crippen LogP contribution in [0.1, 0.15) is 20.8 Å². The minimum Gasteiger partial charge on any atom is -0.495 e.